The van der Waals surface area contributed by atoms with E-state index in [9.17, 15) is 4.79 Å². The van der Waals surface area contributed by atoms with Gasteiger partial charge in [-0.3, -0.25) is 9.78 Å². The summed E-state index contributed by atoms with van der Waals surface area (Å²) >= 11 is 0. The van der Waals surface area contributed by atoms with Gasteiger partial charge in [-0.2, -0.15) is 0 Å². The van der Waals surface area contributed by atoms with Crippen LogP contribution < -0.4 is 5.73 Å². The lowest BCUT2D eigenvalue weighted by atomic mass is 10.0. The van der Waals surface area contributed by atoms with Crippen LogP contribution in [0.5, 0.6) is 0 Å². The third-order valence-electron chi connectivity index (χ3n) is 2.56. The maximum atomic E-state index is 12.1. The van der Waals surface area contributed by atoms with Gasteiger partial charge >= 0.3 is 0 Å². The number of carbonyl (C=O) groups is 1. The highest BCUT2D eigenvalue weighted by molar-refractivity contribution is 6.08. The summed E-state index contributed by atoms with van der Waals surface area (Å²) in [5.74, 6) is 0.0197. The lowest BCUT2D eigenvalue weighted by Crippen LogP contribution is -2.05. The van der Waals surface area contributed by atoms with Gasteiger partial charge in [0.2, 0.25) is 0 Å². The van der Waals surface area contributed by atoms with Crippen LogP contribution in [-0.2, 0) is 6.42 Å². The van der Waals surface area contributed by atoms with E-state index in [0.29, 0.717) is 17.7 Å². The van der Waals surface area contributed by atoms with Gasteiger partial charge in [0.05, 0.1) is 0 Å². The molecule has 3 heteroatoms. The normalized spacial score (nSPS) is 10.2. The summed E-state index contributed by atoms with van der Waals surface area (Å²) in [6.07, 6.45) is 4.03. The van der Waals surface area contributed by atoms with Gasteiger partial charge in [-0.05, 0) is 36.7 Å². The van der Waals surface area contributed by atoms with E-state index in [2.05, 4.69) is 4.98 Å². The quantitative estimate of drug-likeness (QED) is 0.809. The van der Waals surface area contributed by atoms with Gasteiger partial charge in [-0.25, -0.2) is 0 Å². The molecule has 0 saturated carbocycles. The average Bonchev–Trinajstić information content (AvgIpc) is 2.40. The molecule has 86 valence electrons. The number of rotatable bonds is 4. The zero-order chi connectivity index (χ0) is 12.1. The van der Waals surface area contributed by atoms with Crippen molar-refractivity contribution < 1.29 is 4.79 Å². The SMILES string of the molecule is NCCc1cccc(C(=O)c2ccncc2)c1. The second-order valence-electron chi connectivity index (χ2n) is 3.80. The van der Waals surface area contributed by atoms with Crippen LogP contribution in [0.3, 0.4) is 0 Å². The zero-order valence-electron chi connectivity index (χ0n) is 9.47. The second kappa shape index (κ2) is 5.37. The number of benzene rings is 1. The fourth-order valence-corrected chi connectivity index (χ4v) is 1.70. The number of nitrogens with two attached hydrogens (primary N) is 1. The van der Waals surface area contributed by atoms with E-state index >= 15 is 0 Å². The molecule has 0 fully saturated rings. The van der Waals surface area contributed by atoms with Crippen LogP contribution in [0.4, 0.5) is 0 Å². The first-order valence-corrected chi connectivity index (χ1v) is 5.55. The molecule has 17 heavy (non-hydrogen) atoms. The van der Waals surface area contributed by atoms with E-state index in [-0.39, 0.29) is 5.78 Å². The Labute approximate surface area is 100 Å². The van der Waals surface area contributed by atoms with Crippen LogP contribution in [0.25, 0.3) is 0 Å². The summed E-state index contributed by atoms with van der Waals surface area (Å²) in [7, 11) is 0. The fraction of sp³-hybridized carbons (Fsp3) is 0.143. The minimum Gasteiger partial charge on any atom is -0.330 e. The van der Waals surface area contributed by atoms with Gasteiger partial charge < -0.3 is 5.73 Å². The predicted octanol–water partition coefficient (Wildman–Crippen LogP) is 1.81. The van der Waals surface area contributed by atoms with Gasteiger partial charge in [0.1, 0.15) is 0 Å². The molecule has 0 saturated heterocycles. The van der Waals surface area contributed by atoms with Gasteiger partial charge in [0.25, 0.3) is 0 Å². The molecule has 2 N–H and O–H groups in total. The number of carbonyl (C=O) groups excluding carboxylic acids is 1. The molecule has 0 aliphatic rings. The smallest absolute Gasteiger partial charge is 0.193 e. The monoisotopic (exact) mass is 226 g/mol. The molecule has 0 atom stereocenters. The Morgan fingerprint density at radius 2 is 1.88 bits per heavy atom. The van der Waals surface area contributed by atoms with Crippen LogP contribution in [0.15, 0.2) is 48.8 Å². The highest BCUT2D eigenvalue weighted by Gasteiger charge is 2.08. The average molecular weight is 226 g/mol. The van der Waals surface area contributed by atoms with Gasteiger partial charge in [0, 0.05) is 23.5 Å². The number of hydrogen-bond acceptors (Lipinski definition) is 3. The zero-order valence-corrected chi connectivity index (χ0v) is 9.47. The summed E-state index contributed by atoms with van der Waals surface area (Å²) in [6, 6.07) is 11.0. The van der Waals surface area contributed by atoms with Crippen molar-refractivity contribution in [3.05, 3.63) is 65.5 Å². The molecule has 0 amide bonds. The molecule has 1 aromatic carbocycles. The summed E-state index contributed by atoms with van der Waals surface area (Å²) in [5, 5.41) is 0. The third kappa shape index (κ3) is 2.77. The van der Waals surface area contributed by atoms with Crippen LogP contribution in [0, 0.1) is 0 Å². The fourth-order valence-electron chi connectivity index (χ4n) is 1.70. The van der Waals surface area contributed by atoms with Gasteiger partial charge in [0.15, 0.2) is 5.78 Å². The Hall–Kier alpha value is -2.00. The molecular weight excluding hydrogens is 212 g/mol. The standard InChI is InChI=1S/C14H14N2O/c15-7-4-11-2-1-3-13(10-11)14(17)12-5-8-16-9-6-12/h1-3,5-6,8-10H,4,7,15H2. The first-order valence-electron chi connectivity index (χ1n) is 5.55. The van der Waals surface area contributed by atoms with Crippen LogP contribution in [0.2, 0.25) is 0 Å². The topological polar surface area (TPSA) is 56.0 Å². The Kier molecular flexibility index (Phi) is 3.62. The number of hydrogen-bond donors (Lipinski definition) is 1. The first kappa shape index (κ1) is 11.5. The van der Waals surface area contributed by atoms with E-state index in [1.807, 2.05) is 24.3 Å². The lowest BCUT2D eigenvalue weighted by Gasteiger charge is -2.03. The molecule has 2 rings (SSSR count). The van der Waals surface area contributed by atoms with Crippen molar-refractivity contribution in [2.75, 3.05) is 6.54 Å². The minimum absolute atomic E-state index is 0.0197. The molecule has 3 nitrogen and oxygen atoms in total. The van der Waals surface area contributed by atoms with Crippen molar-refractivity contribution in [3.8, 4) is 0 Å². The van der Waals surface area contributed by atoms with Gasteiger partial charge in [-0.1, -0.05) is 18.2 Å². The molecule has 0 unspecified atom stereocenters. The molecule has 0 radical (unpaired) electrons. The molecule has 0 aliphatic carbocycles. The van der Waals surface area contributed by atoms with Crippen LogP contribution in [-0.4, -0.2) is 17.3 Å². The number of pyridine rings is 1. The largest absolute Gasteiger partial charge is 0.330 e. The molecule has 1 aromatic heterocycles. The predicted molar refractivity (Wildman–Crippen MR) is 66.9 cm³/mol. The Morgan fingerprint density at radius 1 is 1.12 bits per heavy atom. The van der Waals surface area contributed by atoms with Crippen LogP contribution >= 0.6 is 0 Å². The first-order chi connectivity index (χ1) is 8.31. The highest BCUT2D eigenvalue weighted by atomic mass is 16.1. The summed E-state index contributed by atoms with van der Waals surface area (Å²) < 4.78 is 0. The maximum absolute atomic E-state index is 12.1. The molecule has 1 heterocycles. The number of ketones is 1. The number of aromatic nitrogens is 1. The molecule has 0 spiro atoms. The lowest BCUT2D eigenvalue weighted by molar-refractivity contribution is 0.103. The second-order valence-corrected chi connectivity index (χ2v) is 3.80. The Morgan fingerprint density at radius 3 is 2.59 bits per heavy atom. The Bertz CT molecular complexity index is 509. The van der Waals surface area contributed by atoms with Crippen molar-refractivity contribution in [1.82, 2.24) is 4.98 Å². The summed E-state index contributed by atoms with van der Waals surface area (Å²) in [6.45, 7) is 0.590. The van der Waals surface area contributed by atoms with Gasteiger partial charge in [-0.15, -0.1) is 0 Å². The minimum atomic E-state index is 0.0197. The van der Waals surface area contributed by atoms with Crippen LogP contribution in [0.1, 0.15) is 21.5 Å². The van der Waals surface area contributed by atoms with E-state index in [1.54, 1.807) is 24.5 Å². The van der Waals surface area contributed by atoms with E-state index in [4.69, 9.17) is 5.73 Å². The summed E-state index contributed by atoms with van der Waals surface area (Å²) in [4.78, 5) is 16.0. The van der Waals surface area contributed by atoms with Crippen molar-refractivity contribution in [1.29, 1.82) is 0 Å². The molecule has 2 aromatic rings. The number of nitrogens with zero attached hydrogens (tertiary/aromatic N) is 1. The highest BCUT2D eigenvalue weighted by Crippen LogP contribution is 2.11. The van der Waals surface area contributed by atoms with Crippen molar-refractivity contribution >= 4 is 5.78 Å². The van der Waals surface area contributed by atoms with E-state index in [0.717, 1.165) is 12.0 Å². The maximum Gasteiger partial charge on any atom is 0.193 e. The Balaban J connectivity index is 2.28. The van der Waals surface area contributed by atoms with Crippen molar-refractivity contribution in [3.63, 3.8) is 0 Å². The molecular formula is C14H14N2O. The molecule has 0 aliphatic heterocycles. The van der Waals surface area contributed by atoms with E-state index in [1.165, 1.54) is 0 Å². The third-order valence-corrected chi connectivity index (χ3v) is 2.56. The molecule has 0 bridgehead atoms. The summed E-state index contributed by atoms with van der Waals surface area (Å²) in [5.41, 5.74) is 7.95. The van der Waals surface area contributed by atoms with E-state index < -0.39 is 0 Å². The van der Waals surface area contributed by atoms with Crippen molar-refractivity contribution in [2.24, 2.45) is 5.73 Å². The van der Waals surface area contributed by atoms with Crippen molar-refractivity contribution in [2.45, 2.75) is 6.42 Å².